The van der Waals surface area contributed by atoms with Crippen LogP contribution in [0.15, 0.2) is 18.2 Å². The molecule has 156 valence electrons. The van der Waals surface area contributed by atoms with Gasteiger partial charge in [-0.15, -0.1) is 0 Å². The van der Waals surface area contributed by atoms with Crippen molar-refractivity contribution >= 4 is 6.09 Å². The van der Waals surface area contributed by atoms with Gasteiger partial charge in [0.05, 0.1) is 0 Å². The summed E-state index contributed by atoms with van der Waals surface area (Å²) in [7, 11) is 2.17. The Morgan fingerprint density at radius 1 is 1.07 bits per heavy atom. The van der Waals surface area contributed by atoms with Gasteiger partial charge < -0.3 is 19.6 Å². The molecule has 0 aliphatic carbocycles. The molecule has 6 nitrogen and oxygen atoms in total. The highest BCUT2D eigenvalue weighted by Crippen LogP contribution is 2.31. The molecular weight excluding hydrogens is 354 g/mol. The van der Waals surface area contributed by atoms with Crippen molar-refractivity contribution in [1.82, 2.24) is 14.7 Å². The van der Waals surface area contributed by atoms with Gasteiger partial charge in [0.2, 0.25) is 0 Å². The summed E-state index contributed by atoms with van der Waals surface area (Å²) < 4.78 is 5.47. The number of piperidine rings is 1. The molecule has 1 aromatic rings. The van der Waals surface area contributed by atoms with Crippen LogP contribution in [0, 0.1) is 0 Å². The van der Waals surface area contributed by atoms with Crippen LogP contribution >= 0.6 is 0 Å². The molecular formula is C22H35N3O3. The van der Waals surface area contributed by atoms with Gasteiger partial charge in [-0.25, -0.2) is 4.79 Å². The Hall–Kier alpha value is -1.79. The summed E-state index contributed by atoms with van der Waals surface area (Å²) in [6.07, 6.45) is 2.07. The minimum absolute atomic E-state index is 0.228. The number of likely N-dealkylation sites (tertiary alicyclic amines) is 1. The van der Waals surface area contributed by atoms with E-state index >= 15 is 0 Å². The lowest BCUT2D eigenvalue weighted by Gasteiger charge is -2.35. The minimum atomic E-state index is -0.458. The zero-order valence-corrected chi connectivity index (χ0v) is 17.8. The third-order valence-electron chi connectivity index (χ3n) is 5.62. The number of aromatic hydroxyl groups is 1. The van der Waals surface area contributed by atoms with Crippen LogP contribution in [0.4, 0.5) is 4.79 Å². The number of piperazine rings is 1. The molecule has 6 heteroatoms. The van der Waals surface area contributed by atoms with E-state index < -0.39 is 5.60 Å². The summed E-state index contributed by atoms with van der Waals surface area (Å²) in [5, 5.41) is 10.2. The first-order valence-corrected chi connectivity index (χ1v) is 10.4. The molecule has 1 amide bonds. The van der Waals surface area contributed by atoms with E-state index in [1.807, 2.05) is 32.9 Å². The van der Waals surface area contributed by atoms with Gasteiger partial charge in [0.15, 0.2) is 0 Å². The molecule has 1 aromatic carbocycles. The number of benzene rings is 1. The molecule has 2 fully saturated rings. The van der Waals surface area contributed by atoms with Crippen molar-refractivity contribution < 1.29 is 14.6 Å². The maximum Gasteiger partial charge on any atom is 0.410 e. The van der Waals surface area contributed by atoms with E-state index in [-0.39, 0.29) is 6.09 Å². The van der Waals surface area contributed by atoms with Crippen LogP contribution in [-0.4, -0.2) is 77.8 Å². The van der Waals surface area contributed by atoms with Gasteiger partial charge in [-0.05, 0) is 82.9 Å². The van der Waals surface area contributed by atoms with E-state index in [9.17, 15) is 9.90 Å². The highest BCUT2D eigenvalue weighted by atomic mass is 16.6. The number of phenols is 1. The second-order valence-corrected chi connectivity index (χ2v) is 9.25. The second-order valence-electron chi connectivity index (χ2n) is 9.25. The van der Waals surface area contributed by atoms with Crippen molar-refractivity contribution in [2.45, 2.75) is 51.7 Å². The van der Waals surface area contributed by atoms with Crippen LogP contribution < -0.4 is 0 Å². The van der Waals surface area contributed by atoms with Crippen LogP contribution in [0.2, 0.25) is 0 Å². The van der Waals surface area contributed by atoms with Crippen molar-refractivity contribution in [2.75, 3.05) is 46.3 Å². The Kier molecular flexibility index (Phi) is 6.50. The van der Waals surface area contributed by atoms with Crippen molar-refractivity contribution in [3.8, 4) is 5.75 Å². The van der Waals surface area contributed by atoms with E-state index in [2.05, 4.69) is 22.9 Å². The van der Waals surface area contributed by atoms with Gasteiger partial charge in [0.1, 0.15) is 11.4 Å². The second kappa shape index (κ2) is 8.70. The van der Waals surface area contributed by atoms with E-state index in [0.29, 0.717) is 24.8 Å². The van der Waals surface area contributed by atoms with Crippen LogP contribution in [0.3, 0.4) is 0 Å². The topological polar surface area (TPSA) is 56.2 Å². The average molecular weight is 390 g/mol. The summed E-state index contributed by atoms with van der Waals surface area (Å²) in [6, 6.07) is 6.06. The molecule has 2 heterocycles. The fourth-order valence-corrected chi connectivity index (χ4v) is 4.04. The van der Waals surface area contributed by atoms with Crippen molar-refractivity contribution in [3.63, 3.8) is 0 Å². The summed E-state index contributed by atoms with van der Waals surface area (Å²) in [4.78, 5) is 18.7. The zero-order valence-electron chi connectivity index (χ0n) is 17.8. The number of hydrogen-bond acceptors (Lipinski definition) is 5. The van der Waals surface area contributed by atoms with E-state index in [1.165, 1.54) is 5.56 Å². The molecule has 28 heavy (non-hydrogen) atoms. The Morgan fingerprint density at radius 2 is 1.71 bits per heavy atom. The molecule has 0 spiro atoms. The van der Waals surface area contributed by atoms with E-state index in [1.54, 1.807) is 4.90 Å². The molecule has 0 saturated carbocycles. The Bertz CT molecular complexity index is 670. The maximum atomic E-state index is 12.2. The summed E-state index contributed by atoms with van der Waals surface area (Å²) >= 11 is 0. The normalized spacial score (nSPS) is 20.4. The summed E-state index contributed by atoms with van der Waals surface area (Å²) in [5.74, 6) is 0.893. The van der Waals surface area contributed by atoms with Crippen molar-refractivity contribution in [2.24, 2.45) is 0 Å². The van der Waals surface area contributed by atoms with Crippen molar-refractivity contribution in [1.29, 1.82) is 0 Å². The lowest BCUT2D eigenvalue weighted by atomic mass is 9.88. The molecule has 2 aliphatic heterocycles. The minimum Gasteiger partial charge on any atom is -0.508 e. The van der Waals surface area contributed by atoms with Gasteiger partial charge in [-0.3, -0.25) is 4.90 Å². The number of rotatable bonds is 3. The predicted octanol–water partition coefficient (Wildman–Crippen LogP) is 3.25. The molecule has 1 N–H and O–H groups in total. The van der Waals surface area contributed by atoms with Crippen LogP contribution in [0.25, 0.3) is 0 Å². The smallest absolute Gasteiger partial charge is 0.410 e. The third-order valence-corrected chi connectivity index (χ3v) is 5.62. The number of nitrogens with zero attached hydrogens (tertiary/aromatic N) is 3. The van der Waals surface area contributed by atoms with Gasteiger partial charge in [0, 0.05) is 32.7 Å². The summed E-state index contributed by atoms with van der Waals surface area (Å²) in [5.41, 5.74) is 1.95. The van der Waals surface area contributed by atoms with E-state index in [0.717, 1.165) is 51.1 Å². The quantitative estimate of drug-likeness (QED) is 0.860. The Morgan fingerprint density at radius 3 is 2.32 bits per heavy atom. The van der Waals surface area contributed by atoms with Gasteiger partial charge in [0.25, 0.3) is 0 Å². The van der Waals surface area contributed by atoms with Gasteiger partial charge in [-0.1, -0.05) is 6.07 Å². The monoisotopic (exact) mass is 389 g/mol. The maximum absolute atomic E-state index is 12.2. The molecule has 0 radical (unpaired) electrons. The standard InChI is InChI=1S/C22H35N3O3/c1-22(2,3)28-21(27)25-11-9-24(10-12-25)16-17-13-19(15-20(26)14-17)18-5-7-23(4)8-6-18/h13-15,18,26H,5-12,16H2,1-4H3. The predicted molar refractivity (Wildman–Crippen MR) is 111 cm³/mol. The molecule has 2 aliphatic rings. The molecule has 0 bridgehead atoms. The lowest BCUT2D eigenvalue weighted by Crippen LogP contribution is -2.49. The van der Waals surface area contributed by atoms with Crippen LogP contribution in [-0.2, 0) is 11.3 Å². The molecule has 0 atom stereocenters. The molecule has 2 saturated heterocycles. The largest absolute Gasteiger partial charge is 0.508 e. The number of carbonyl (C=O) groups excluding carboxylic acids is 1. The van der Waals surface area contributed by atoms with Gasteiger partial charge >= 0.3 is 6.09 Å². The number of ether oxygens (including phenoxy) is 1. The first-order chi connectivity index (χ1) is 13.2. The Balaban J connectivity index is 1.55. The highest BCUT2D eigenvalue weighted by molar-refractivity contribution is 5.68. The zero-order chi connectivity index (χ0) is 20.3. The van der Waals surface area contributed by atoms with Crippen molar-refractivity contribution in [3.05, 3.63) is 29.3 Å². The average Bonchev–Trinajstić information content (AvgIpc) is 2.61. The SMILES string of the molecule is CN1CCC(c2cc(O)cc(CN3CCN(C(=O)OC(C)(C)C)CC3)c2)CC1. The number of carbonyl (C=O) groups is 1. The number of amides is 1. The fourth-order valence-electron chi connectivity index (χ4n) is 4.04. The molecule has 0 unspecified atom stereocenters. The lowest BCUT2D eigenvalue weighted by molar-refractivity contribution is 0.0139. The van der Waals surface area contributed by atoms with Gasteiger partial charge in [-0.2, -0.15) is 0 Å². The van der Waals surface area contributed by atoms with Crippen LogP contribution in [0.5, 0.6) is 5.75 Å². The van der Waals surface area contributed by atoms with E-state index in [4.69, 9.17) is 4.74 Å². The Labute approximate surface area is 169 Å². The highest BCUT2D eigenvalue weighted by Gasteiger charge is 2.26. The summed E-state index contributed by atoms with van der Waals surface area (Å²) in [6.45, 7) is 11.7. The number of phenolic OH excluding ortho intramolecular Hbond substituents is 1. The first-order valence-electron chi connectivity index (χ1n) is 10.4. The van der Waals surface area contributed by atoms with Crippen LogP contribution in [0.1, 0.15) is 50.7 Å². The first kappa shape index (κ1) is 20.9. The fraction of sp³-hybridized carbons (Fsp3) is 0.682. The third kappa shape index (κ3) is 5.85. The molecule has 3 rings (SSSR count). The molecule has 0 aromatic heterocycles. The number of hydrogen-bond donors (Lipinski definition) is 1.